The van der Waals surface area contributed by atoms with Crippen LogP contribution in [-0.2, 0) is 26.8 Å². The topological polar surface area (TPSA) is 163 Å². The van der Waals surface area contributed by atoms with Gasteiger partial charge in [-0.1, -0.05) is 26.0 Å². The van der Waals surface area contributed by atoms with Gasteiger partial charge in [-0.05, 0) is 26.2 Å². The Labute approximate surface area is 176 Å². The molecule has 0 spiro atoms. The summed E-state index contributed by atoms with van der Waals surface area (Å²) in [7, 11) is -14.9. The maximum atomic E-state index is 12.0. The molecule has 1 aliphatic carbocycles. The number of hydrogen-bond acceptors (Lipinski definition) is 8. The molecule has 11 nitrogen and oxygen atoms in total. The summed E-state index contributed by atoms with van der Waals surface area (Å²) in [6.45, 7) is 10.0. The summed E-state index contributed by atoms with van der Waals surface area (Å²) in [4.78, 5) is 30.1. The predicted octanol–water partition coefficient (Wildman–Crippen LogP) is 3.34. The van der Waals surface area contributed by atoms with Crippen molar-refractivity contribution in [3.05, 3.63) is 24.0 Å². The van der Waals surface area contributed by atoms with Gasteiger partial charge in [0.15, 0.2) is 0 Å². The minimum Gasteiger partial charge on any atom is -0.392 e. The van der Waals surface area contributed by atoms with Crippen LogP contribution in [0.3, 0.4) is 0 Å². The van der Waals surface area contributed by atoms with Crippen molar-refractivity contribution in [1.29, 1.82) is 0 Å². The quantitative estimate of drug-likeness (QED) is 0.370. The van der Waals surface area contributed by atoms with E-state index < -0.39 is 47.3 Å². The van der Waals surface area contributed by atoms with Crippen molar-refractivity contribution in [1.82, 2.24) is 4.90 Å². The minimum absolute atomic E-state index is 0.143. The first-order valence-corrected chi connectivity index (χ1v) is 14.3. The molecule has 0 amide bonds. The SMILES string of the molecule is C=C1CCC(C)=CN1C1CC(COP(=O)(O)OP(=O)(O)OP(C)(=O)O)C(O)C1(C)C. The molecule has 1 heterocycles. The molecule has 4 N–H and O–H groups in total. The highest BCUT2D eigenvalue weighted by molar-refractivity contribution is 7.68. The Hall–Kier alpha value is -0.310. The zero-order valence-corrected chi connectivity index (χ0v) is 20.1. The van der Waals surface area contributed by atoms with Gasteiger partial charge in [0, 0.05) is 35.9 Å². The molecule has 30 heavy (non-hydrogen) atoms. The van der Waals surface area contributed by atoms with E-state index in [1.165, 1.54) is 5.57 Å². The molecule has 0 bridgehead atoms. The zero-order valence-electron chi connectivity index (χ0n) is 17.4. The number of hydrogen-bond donors (Lipinski definition) is 4. The number of phosphoric acid groups is 2. The van der Waals surface area contributed by atoms with Gasteiger partial charge in [0.25, 0.3) is 0 Å². The van der Waals surface area contributed by atoms with Gasteiger partial charge in [0.2, 0.25) is 0 Å². The Morgan fingerprint density at radius 3 is 2.33 bits per heavy atom. The fourth-order valence-corrected chi connectivity index (χ4v) is 7.41. The Kier molecular flexibility index (Phi) is 7.71. The first kappa shape index (κ1) is 25.9. The molecule has 2 aliphatic rings. The third-order valence-corrected chi connectivity index (χ3v) is 9.54. The lowest BCUT2D eigenvalue weighted by Gasteiger charge is -2.41. The van der Waals surface area contributed by atoms with E-state index in [4.69, 9.17) is 9.42 Å². The van der Waals surface area contributed by atoms with Crippen LogP contribution in [-0.4, -0.2) is 50.1 Å². The fourth-order valence-electron chi connectivity index (χ4n) is 3.88. The van der Waals surface area contributed by atoms with Gasteiger partial charge >= 0.3 is 23.2 Å². The smallest absolute Gasteiger partial charge is 0.392 e. The van der Waals surface area contributed by atoms with Crippen molar-refractivity contribution in [3.8, 4) is 0 Å². The van der Waals surface area contributed by atoms with Crippen LogP contribution in [0.1, 0.15) is 40.0 Å². The molecule has 0 saturated heterocycles. The normalized spacial score (nSPS) is 32.8. The molecule has 2 rings (SSSR count). The lowest BCUT2D eigenvalue weighted by Crippen LogP contribution is -2.43. The van der Waals surface area contributed by atoms with Gasteiger partial charge in [0.1, 0.15) is 0 Å². The largest absolute Gasteiger partial charge is 0.488 e. The summed E-state index contributed by atoms with van der Waals surface area (Å²) < 4.78 is 47.5. The number of aliphatic hydroxyl groups is 1. The highest BCUT2D eigenvalue weighted by Gasteiger charge is 2.52. The van der Waals surface area contributed by atoms with Crippen molar-refractivity contribution in [2.24, 2.45) is 11.3 Å². The second-order valence-electron chi connectivity index (χ2n) is 8.43. The highest BCUT2D eigenvalue weighted by Crippen LogP contribution is 2.66. The summed E-state index contributed by atoms with van der Waals surface area (Å²) in [5.74, 6) is -0.577. The van der Waals surface area contributed by atoms with Crippen molar-refractivity contribution in [3.63, 3.8) is 0 Å². The fraction of sp³-hybridized carbons (Fsp3) is 0.750. The number of nitrogens with zero attached hydrogens (tertiary/aromatic N) is 1. The van der Waals surface area contributed by atoms with Gasteiger partial charge in [-0.3, -0.25) is 9.09 Å². The number of rotatable bonds is 8. The monoisotopic (exact) mass is 489 g/mol. The van der Waals surface area contributed by atoms with E-state index in [0.29, 0.717) is 13.1 Å². The van der Waals surface area contributed by atoms with Gasteiger partial charge in [0.05, 0.1) is 12.7 Å². The molecule has 1 saturated carbocycles. The van der Waals surface area contributed by atoms with E-state index in [0.717, 1.165) is 18.5 Å². The summed E-state index contributed by atoms with van der Waals surface area (Å²) >= 11 is 0. The van der Waals surface area contributed by atoms with Crippen molar-refractivity contribution >= 4 is 23.2 Å². The van der Waals surface area contributed by atoms with E-state index in [1.807, 2.05) is 31.9 Å². The van der Waals surface area contributed by atoms with Gasteiger partial charge in [-0.2, -0.15) is 4.31 Å². The van der Waals surface area contributed by atoms with Crippen LogP contribution in [0.5, 0.6) is 0 Å². The molecule has 1 fully saturated rings. The number of aliphatic hydroxyl groups excluding tert-OH is 1. The maximum absolute atomic E-state index is 12.0. The minimum atomic E-state index is -5.33. The molecule has 6 atom stereocenters. The molecule has 0 aromatic carbocycles. The Balaban J connectivity index is 2.07. The summed E-state index contributed by atoms with van der Waals surface area (Å²) in [5.41, 5.74) is 1.48. The third kappa shape index (κ3) is 6.59. The average molecular weight is 489 g/mol. The van der Waals surface area contributed by atoms with Crippen LogP contribution in [0, 0.1) is 11.3 Å². The molecule has 0 aromatic rings. The predicted molar refractivity (Wildman–Crippen MR) is 109 cm³/mol. The first-order valence-electron chi connectivity index (χ1n) is 9.28. The van der Waals surface area contributed by atoms with Crippen LogP contribution in [0.15, 0.2) is 24.0 Å². The lowest BCUT2D eigenvalue weighted by atomic mass is 9.83. The van der Waals surface area contributed by atoms with E-state index in [-0.39, 0.29) is 6.04 Å². The molecule has 6 unspecified atom stereocenters. The highest BCUT2D eigenvalue weighted by atomic mass is 31.3. The Morgan fingerprint density at radius 2 is 1.77 bits per heavy atom. The van der Waals surface area contributed by atoms with Crippen LogP contribution < -0.4 is 0 Å². The van der Waals surface area contributed by atoms with Crippen LogP contribution in [0.4, 0.5) is 0 Å². The van der Waals surface area contributed by atoms with Gasteiger partial charge in [-0.25, -0.2) is 13.4 Å². The maximum Gasteiger partial charge on any atom is 0.488 e. The van der Waals surface area contributed by atoms with E-state index in [1.54, 1.807) is 0 Å². The summed E-state index contributed by atoms with van der Waals surface area (Å²) in [6.07, 6.45) is 3.20. The van der Waals surface area contributed by atoms with Crippen molar-refractivity contribution in [2.75, 3.05) is 13.3 Å². The Morgan fingerprint density at radius 1 is 1.17 bits per heavy atom. The van der Waals surface area contributed by atoms with Crippen LogP contribution >= 0.6 is 23.2 Å². The molecule has 0 aromatic heterocycles. The first-order chi connectivity index (χ1) is 13.4. The molecule has 1 aliphatic heterocycles. The summed E-state index contributed by atoms with van der Waals surface area (Å²) in [6, 6.07) is -0.143. The van der Waals surface area contributed by atoms with E-state index in [9.17, 15) is 28.6 Å². The molecule has 0 radical (unpaired) electrons. The van der Waals surface area contributed by atoms with Crippen molar-refractivity contribution in [2.45, 2.75) is 52.2 Å². The zero-order chi connectivity index (χ0) is 23.1. The molecular weight excluding hydrogens is 459 g/mol. The third-order valence-electron chi connectivity index (χ3n) is 5.37. The summed E-state index contributed by atoms with van der Waals surface area (Å²) in [5, 5.41) is 10.8. The molecule has 14 heteroatoms. The van der Waals surface area contributed by atoms with Gasteiger partial charge < -0.3 is 24.7 Å². The average Bonchev–Trinajstić information content (AvgIpc) is 2.75. The van der Waals surface area contributed by atoms with Crippen molar-refractivity contribution < 1.29 is 46.6 Å². The second-order valence-corrected chi connectivity index (χ2v) is 13.5. The van der Waals surface area contributed by atoms with Crippen LogP contribution in [0.25, 0.3) is 0 Å². The standard InChI is InChI=1S/C16H30NO10P3/c1-11-6-7-12(2)17(9-11)14-8-13(15(18)16(14,3)4)10-25-29(21,22)27-30(23,24)26-28(5,19)20/h9,13-15,18H,2,6-8,10H2,1,3-5H3,(H,19,20)(H,21,22)(H,23,24). The van der Waals surface area contributed by atoms with Crippen LogP contribution in [0.2, 0.25) is 0 Å². The number of phosphoric ester groups is 1. The van der Waals surface area contributed by atoms with E-state index in [2.05, 4.69) is 15.2 Å². The lowest BCUT2D eigenvalue weighted by molar-refractivity contribution is 0.0104. The molecule has 174 valence electrons. The molecular formula is C16H30NO10P3. The second kappa shape index (κ2) is 8.91. The van der Waals surface area contributed by atoms with E-state index >= 15 is 0 Å². The number of allylic oxidation sites excluding steroid dienone is 2. The van der Waals surface area contributed by atoms with Gasteiger partial charge in [-0.15, -0.1) is 0 Å². The Bertz CT molecular complexity index is 850.